The van der Waals surface area contributed by atoms with E-state index in [2.05, 4.69) is 5.16 Å². The predicted molar refractivity (Wildman–Crippen MR) is 71.3 cm³/mol. The molecule has 0 aromatic carbocycles. The van der Waals surface area contributed by atoms with Gasteiger partial charge in [-0.1, -0.05) is 12.1 Å². The summed E-state index contributed by atoms with van der Waals surface area (Å²) in [5.74, 6) is -0.0579. The van der Waals surface area contributed by atoms with Crippen molar-refractivity contribution in [3.63, 3.8) is 0 Å². The summed E-state index contributed by atoms with van der Waals surface area (Å²) < 4.78 is 10.0. The summed E-state index contributed by atoms with van der Waals surface area (Å²) in [7, 11) is 0. The molecular weight excluding hydrogens is 260 g/mol. The Bertz CT molecular complexity index is 505. The SMILES string of the molecule is CCOC(=O)CN(C(=O)c1c(CC)noc1C)C1CC1. The van der Waals surface area contributed by atoms with Gasteiger partial charge in [0.15, 0.2) is 0 Å². The Labute approximate surface area is 118 Å². The molecule has 1 saturated carbocycles. The van der Waals surface area contributed by atoms with Gasteiger partial charge in [0.1, 0.15) is 17.9 Å². The Morgan fingerprint density at radius 3 is 2.65 bits per heavy atom. The van der Waals surface area contributed by atoms with Crippen molar-refractivity contribution in [2.45, 2.75) is 46.1 Å². The van der Waals surface area contributed by atoms with Crippen molar-refractivity contribution in [1.29, 1.82) is 0 Å². The lowest BCUT2D eigenvalue weighted by atomic mass is 10.1. The largest absolute Gasteiger partial charge is 0.465 e. The molecule has 1 fully saturated rings. The highest BCUT2D eigenvalue weighted by atomic mass is 16.5. The molecule has 2 rings (SSSR count). The van der Waals surface area contributed by atoms with Crippen LogP contribution in [0, 0.1) is 6.92 Å². The lowest BCUT2D eigenvalue weighted by Crippen LogP contribution is -2.38. The monoisotopic (exact) mass is 280 g/mol. The van der Waals surface area contributed by atoms with Crippen LogP contribution in [-0.4, -0.2) is 41.1 Å². The van der Waals surface area contributed by atoms with E-state index in [1.807, 2.05) is 6.92 Å². The molecule has 110 valence electrons. The molecule has 1 aromatic rings. The Kier molecular flexibility index (Phi) is 4.42. The Morgan fingerprint density at radius 1 is 1.40 bits per heavy atom. The first-order valence-electron chi connectivity index (χ1n) is 7.00. The molecular formula is C14H20N2O4. The second kappa shape index (κ2) is 6.07. The van der Waals surface area contributed by atoms with Gasteiger partial charge in [-0.3, -0.25) is 9.59 Å². The van der Waals surface area contributed by atoms with Gasteiger partial charge in [-0.05, 0) is 33.1 Å². The maximum absolute atomic E-state index is 12.6. The van der Waals surface area contributed by atoms with Gasteiger partial charge >= 0.3 is 5.97 Å². The number of ether oxygens (including phenoxy) is 1. The van der Waals surface area contributed by atoms with E-state index < -0.39 is 0 Å². The van der Waals surface area contributed by atoms with Crippen molar-refractivity contribution >= 4 is 11.9 Å². The number of esters is 1. The van der Waals surface area contributed by atoms with Crippen LogP contribution in [0.1, 0.15) is 48.5 Å². The number of hydrogen-bond acceptors (Lipinski definition) is 5. The molecule has 0 radical (unpaired) electrons. The minimum Gasteiger partial charge on any atom is -0.465 e. The third kappa shape index (κ3) is 3.00. The molecule has 0 saturated heterocycles. The summed E-state index contributed by atoms with van der Waals surface area (Å²) >= 11 is 0. The van der Waals surface area contributed by atoms with E-state index in [1.165, 1.54) is 0 Å². The molecule has 0 unspecified atom stereocenters. The number of carbonyl (C=O) groups excluding carboxylic acids is 2. The van der Waals surface area contributed by atoms with Crippen LogP contribution in [0.2, 0.25) is 0 Å². The predicted octanol–water partition coefficient (Wildman–Crippen LogP) is 1.71. The first-order chi connectivity index (χ1) is 9.58. The summed E-state index contributed by atoms with van der Waals surface area (Å²) in [5.41, 5.74) is 1.13. The number of rotatable bonds is 6. The molecule has 1 aliphatic rings. The van der Waals surface area contributed by atoms with Crippen LogP contribution in [0.5, 0.6) is 0 Å². The fourth-order valence-corrected chi connectivity index (χ4v) is 2.18. The average Bonchev–Trinajstić information content (AvgIpc) is 3.18. The summed E-state index contributed by atoms with van der Waals surface area (Å²) in [6.45, 7) is 5.69. The van der Waals surface area contributed by atoms with Crippen LogP contribution in [0.3, 0.4) is 0 Å². The van der Waals surface area contributed by atoms with Crippen LogP contribution < -0.4 is 0 Å². The lowest BCUT2D eigenvalue weighted by molar-refractivity contribution is -0.144. The standard InChI is InChI=1S/C14H20N2O4/c1-4-11-13(9(3)20-15-11)14(18)16(10-6-7-10)8-12(17)19-5-2/h10H,4-8H2,1-3H3. The molecule has 0 bridgehead atoms. The highest BCUT2D eigenvalue weighted by molar-refractivity contribution is 5.98. The van der Waals surface area contributed by atoms with Gasteiger partial charge in [0.2, 0.25) is 0 Å². The second-order valence-electron chi connectivity index (χ2n) is 4.88. The number of carbonyl (C=O) groups is 2. The molecule has 20 heavy (non-hydrogen) atoms. The highest BCUT2D eigenvalue weighted by Gasteiger charge is 2.36. The van der Waals surface area contributed by atoms with E-state index in [9.17, 15) is 9.59 Å². The molecule has 1 aromatic heterocycles. The van der Waals surface area contributed by atoms with Crippen molar-refractivity contribution < 1.29 is 18.8 Å². The summed E-state index contributed by atoms with van der Waals surface area (Å²) in [4.78, 5) is 25.9. The summed E-state index contributed by atoms with van der Waals surface area (Å²) in [6.07, 6.45) is 2.48. The molecule has 0 aliphatic heterocycles. The minimum atomic E-state index is -0.375. The van der Waals surface area contributed by atoms with E-state index in [1.54, 1.807) is 18.7 Å². The van der Waals surface area contributed by atoms with Crippen LogP contribution in [0.15, 0.2) is 4.52 Å². The van der Waals surface area contributed by atoms with E-state index in [-0.39, 0.29) is 24.5 Å². The summed E-state index contributed by atoms with van der Waals surface area (Å²) in [5, 5.41) is 3.89. The normalized spacial score (nSPS) is 14.2. The van der Waals surface area contributed by atoms with Gasteiger partial charge < -0.3 is 14.2 Å². The van der Waals surface area contributed by atoms with E-state index in [0.29, 0.717) is 30.0 Å². The molecule has 0 N–H and O–H groups in total. The number of aryl methyl sites for hydroxylation is 2. The third-order valence-corrected chi connectivity index (χ3v) is 3.34. The Hall–Kier alpha value is -1.85. The van der Waals surface area contributed by atoms with Crippen molar-refractivity contribution in [1.82, 2.24) is 10.1 Å². The first-order valence-corrected chi connectivity index (χ1v) is 7.00. The van der Waals surface area contributed by atoms with E-state index in [0.717, 1.165) is 12.8 Å². The van der Waals surface area contributed by atoms with Gasteiger partial charge in [-0.2, -0.15) is 0 Å². The second-order valence-corrected chi connectivity index (χ2v) is 4.88. The van der Waals surface area contributed by atoms with Crippen LogP contribution in [0.4, 0.5) is 0 Å². The van der Waals surface area contributed by atoms with Gasteiger partial charge in [0.25, 0.3) is 5.91 Å². The van der Waals surface area contributed by atoms with Crippen molar-refractivity contribution in [3.8, 4) is 0 Å². The van der Waals surface area contributed by atoms with Gasteiger partial charge in [-0.25, -0.2) is 0 Å². The fourth-order valence-electron chi connectivity index (χ4n) is 2.18. The van der Waals surface area contributed by atoms with Crippen molar-refractivity contribution in [2.24, 2.45) is 0 Å². The van der Waals surface area contributed by atoms with Gasteiger partial charge in [0, 0.05) is 6.04 Å². The molecule has 1 amide bonds. The smallest absolute Gasteiger partial charge is 0.325 e. The first kappa shape index (κ1) is 14.6. The quantitative estimate of drug-likeness (QED) is 0.742. The van der Waals surface area contributed by atoms with Crippen molar-refractivity contribution in [2.75, 3.05) is 13.2 Å². The Balaban J connectivity index is 2.18. The van der Waals surface area contributed by atoms with Crippen LogP contribution >= 0.6 is 0 Å². The fraction of sp³-hybridized carbons (Fsp3) is 0.643. The number of nitrogens with zero attached hydrogens (tertiary/aromatic N) is 2. The third-order valence-electron chi connectivity index (χ3n) is 3.34. The molecule has 0 spiro atoms. The Morgan fingerprint density at radius 2 is 2.10 bits per heavy atom. The molecule has 0 atom stereocenters. The molecule has 6 nitrogen and oxygen atoms in total. The van der Waals surface area contributed by atoms with Crippen LogP contribution in [0.25, 0.3) is 0 Å². The topological polar surface area (TPSA) is 72.6 Å². The lowest BCUT2D eigenvalue weighted by Gasteiger charge is -2.21. The summed E-state index contributed by atoms with van der Waals surface area (Å²) in [6, 6.07) is 0.130. The maximum Gasteiger partial charge on any atom is 0.325 e. The van der Waals surface area contributed by atoms with E-state index >= 15 is 0 Å². The highest BCUT2D eigenvalue weighted by Crippen LogP contribution is 2.29. The van der Waals surface area contributed by atoms with Crippen molar-refractivity contribution in [3.05, 3.63) is 17.0 Å². The van der Waals surface area contributed by atoms with Gasteiger partial charge in [0.05, 0.1) is 12.3 Å². The van der Waals surface area contributed by atoms with Gasteiger partial charge in [-0.15, -0.1) is 0 Å². The molecule has 1 aliphatic carbocycles. The molecule has 1 heterocycles. The average molecular weight is 280 g/mol. The molecule has 6 heteroatoms. The zero-order chi connectivity index (χ0) is 14.7. The number of amides is 1. The number of aromatic nitrogens is 1. The maximum atomic E-state index is 12.6. The van der Waals surface area contributed by atoms with E-state index in [4.69, 9.17) is 9.26 Å². The zero-order valence-electron chi connectivity index (χ0n) is 12.1. The minimum absolute atomic E-state index is 0.00882. The zero-order valence-corrected chi connectivity index (χ0v) is 12.1. The van der Waals surface area contributed by atoms with Crippen LogP contribution in [-0.2, 0) is 16.0 Å². The number of hydrogen-bond donors (Lipinski definition) is 0.